The minimum Gasteiger partial charge on any atom is -0.508 e. The number of hydrazine groups is 2. The summed E-state index contributed by atoms with van der Waals surface area (Å²) in [6.07, 6.45) is 12.7. The summed E-state index contributed by atoms with van der Waals surface area (Å²) in [6.45, 7) is 0. The summed E-state index contributed by atoms with van der Waals surface area (Å²) in [4.78, 5) is 0. The van der Waals surface area contributed by atoms with Crippen LogP contribution < -0.4 is 19.5 Å². The topological polar surface area (TPSA) is 52.8 Å². The number of rotatable bonds is 4. The molecule has 2 aromatic heterocycles. The van der Waals surface area contributed by atoms with Gasteiger partial charge in [0.1, 0.15) is 24.9 Å². The molecular weight excluding hydrogens is 554 g/mol. The highest BCUT2D eigenvalue weighted by molar-refractivity contribution is 8.17. The van der Waals surface area contributed by atoms with E-state index in [-0.39, 0.29) is 11.8 Å². The van der Waals surface area contributed by atoms with Gasteiger partial charge in [-0.25, -0.2) is 24.5 Å². The van der Waals surface area contributed by atoms with Crippen molar-refractivity contribution in [3.63, 3.8) is 0 Å². The third-order valence-electron chi connectivity index (χ3n) is 8.00. The lowest BCUT2D eigenvalue weighted by Gasteiger charge is -2.29. The quantitative estimate of drug-likeness (QED) is 0.348. The van der Waals surface area contributed by atoms with E-state index in [0.29, 0.717) is 0 Å². The van der Waals surface area contributed by atoms with E-state index in [0.717, 1.165) is 49.7 Å². The van der Waals surface area contributed by atoms with E-state index in [1.54, 1.807) is 23.9 Å². The van der Waals surface area contributed by atoms with E-state index in [1.165, 1.54) is 0 Å². The lowest BCUT2D eigenvalue weighted by Crippen LogP contribution is -2.44. The average molecular weight is 589 g/mol. The van der Waals surface area contributed by atoms with Crippen molar-refractivity contribution in [2.24, 2.45) is 14.1 Å². The molecule has 0 amide bonds. The van der Waals surface area contributed by atoms with Crippen molar-refractivity contribution in [2.45, 2.75) is 6.04 Å². The SMILES string of the molecule is CN1C(=Cc2cc[n+](C)cc2)C2=C(NC3=[N+](C2c2ccc(O)cc2)N(C)C(=Cc2cc[n+](C)cc2)S3)N1c1ccccc1. The highest BCUT2D eigenvalue weighted by atomic mass is 32.2. The summed E-state index contributed by atoms with van der Waals surface area (Å²) in [5, 5.41) is 22.9. The van der Waals surface area contributed by atoms with Crippen molar-refractivity contribution < 1.29 is 18.9 Å². The molecule has 9 heteroatoms. The van der Waals surface area contributed by atoms with E-state index < -0.39 is 0 Å². The third kappa shape index (κ3) is 4.81. The maximum absolute atomic E-state index is 10.2. The van der Waals surface area contributed by atoms with Gasteiger partial charge in [-0.15, -0.1) is 4.68 Å². The number of aromatic hydroxyl groups is 1. The predicted molar refractivity (Wildman–Crippen MR) is 170 cm³/mol. The number of anilines is 1. The fraction of sp³-hybridized carbons (Fsp3) is 0.147. The first-order valence-corrected chi connectivity index (χ1v) is 15.0. The second-order valence-corrected chi connectivity index (χ2v) is 11.9. The van der Waals surface area contributed by atoms with Crippen LogP contribution in [0.1, 0.15) is 22.7 Å². The standard InChI is InChI=1S/C34H32N7OS/c1-36-18-14-24(15-19-36)22-29-31-32(26-10-12-28(42)13-11-26)41-34(35-33(31)40(38(29)3)27-8-6-5-7-9-27)43-30(39(41)4)23-25-16-20-37(2)21-17-25/h5-23,32H,1-4H3/q+1/p+2. The minimum absolute atomic E-state index is 0.161. The molecule has 0 aliphatic carbocycles. The number of nitrogens with zero attached hydrogens (tertiary/aromatic N) is 6. The molecular formula is C34H34N7OS+3. The Morgan fingerprint density at radius 2 is 1.40 bits per heavy atom. The van der Waals surface area contributed by atoms with Gasteiger partial charge in [0, 0.05) is 55.7 Å². The molecule has 0 saturated heterocycles. The van der Waals surface area contributed by atoms with Crippen LogP contribution in [0, 0.1) is 0 Å². The van der Waals surface area contributed by atoms with Gasteiger partial charge in [-0.05, 0) is 47.5 Å². The number of hydrogen-bond donors (Lipinski definition) is 2. The monoisotopic (exact) mass is 588 g/mol. The number of benzene rings is 2. The van der Waals surface area contributed by atoms with Gasteiger partial charge in [0.15, 0.2) is 30.8 Å². The van der Waals surface area contributed by atoms with Crippen molar-refractivity contribution in [3.8, 4) is 5.75 Å². The minimum atomic E-state index is -0.161. The number of nitrogens with one attached hydrogen (secondary N) is 1. The molecule has 8 nitrogen and oxygen atoms in total. The number of amidine groups is 1. The number of aryl methyl sites for hydroxylation is 2. The fourth-order valence-corrected chi connectivity index (χ4v) is 6.84. The van der Waals surface area contributed by atoms with Crippen LogP contribution in [-0.4, -0.2) is 39.1 Å². The smallest absolute Gasteiger partial charge is 0.343 e. The Morgan fingerprint density at radius 1 is 0.791 bits per heavy atom. The molecule has 43 heavy (non-hydrogen) atoms. The molecule has 5 heterocycles. The second kappa shape index (κ2) is 10.7. The maximum atomic E-state index is 10.2. The summed E-state index contributed by atoms with van der Waals surface area (Å²) in [5.41, 5.74) is 6.63. The third-order valence-corrected chi connectivity index (χ3v) is 9.07. The van der Waals surface area contributed by atoms with Gasteiger partial charge < -0.3 is 5.11 Å². The van der Waals surface area contributed by atoms with E-state index >= 15 is 0 Å². The van der Waals surface area contributed by atoms with Crippen LogP contribution in [0.5, 0.6) is 5.75 Å². The molecule has 0 radical (unpaired) electrons. The van der Waals surface area contributed by atoms with Gasteiger partial charge in [-0.2, -0.15) is 0 Å². The Bertz CT molecular complexity index is 1810. The number of thioether (sulfide) groups is 1. The number of phenols is 1. The molecule has 3 aliphatic heterocycles. The van der Waals surface area contributed by atoms with Crippen LogP contribution in [0.3, 0.4) is 0 Å². The molecule has 1 unspecified atom stereocenters. The van der Waals surface area contributed by atoms with E-state index in [2.05, 4.69) is 125 Å². The van der Waals surface area contributed by atoms with E-state index in [1.807, 2.05) is 41.4 Å². The molecule has 1 atom stereocenters. The molecule has 2 aromatic carbocycles. The van der Waals surface area contributed by atoms with Crippen LogP contribution in [-0.2, 0) is 14.1 Å². The number of likely N-dealkylation sites (N-methyl/N-ethyl adjacent to an activating group) is 1. The van der Waals surface area contributed by atoms with E-state index in [4.69, 9.17) is 0 Å². The fourth-order valence-electron chi connectivity index (χ4n) is 5.76. The van der Waals surface area contributed by atoms with Crippen LogP contribution in [0.4, 0.5) is 5.69 Å². The van der Waals surface area contributed by atoms with Crippen LogP contribution >= 0.6 is 11.8 Å². The largest absolute Gasteiger partial charge is 0.508 e. The molecule has 2 N–H and O–H groups in total. The predicted octanol–water partition coefficient (Wildman–Crippen LogP) is 4.27. The van der Waals surface area contributed by atoms with Gasteiger partial charge in [0.2, 0.25) is 5.82 Å². The molecule has 0 saturated carbocycles. The highest BCUT2D eigenvalue weighted by Gasteiger charge is 2.51. The van der Waals surface area contributed by atoms with Crippen molar-refractivity contribution in [2.75, 3.05) is 19.1 Å². The first-order chi connectivity index (χ1) is 20.9. The number of hydrogen-bond acceptors (Lipinski definition) is 6. The van der Waals surface area contributed by atoms with Gasteiger partial charge in [0.05, 0.1) is 17.0 Å². The zero-order valence-corrected chi connectivity index (χ0v) is 25.4. The Morgan fingerprint density at radius 3 is 2.02 bits per heavy atom. The lowest BCUT2D eigenvalue weighted by molar-refractivity contribution is -0.696. The first kappa shape index (κ1) is 26.9. The summed E-state index contributed by atoms with van der Waals surface area (Å²) < 4.78 is 6.41. The summed E-state index contributed by atoms with van der Waals surface area (Å²) >= 11 is 1.72. The lowest BCUT2D eigenvalue weighted by atomic mass is 9.94. The number of pyridine rings is 2. The summed E-state index contributed by atoms with van der Waals surface area (Å²) in [5.74, 6) is 1.26. The van der Waals surface area contributed by atoms with E-state index in [9.17, 15) is 5.11 Å². The molecule has 7 rings (SSSR count). The Kier molecular flexibility index (Phi) is 6.66. The van der Waals surface area contributed by atoms with Gasteiger partial charge >= 0.3 is 5.17 Å². The molecule has 3 aliphatic rings. The van der Waals surface area contributed by atoms with Crippen LogP contribution in [0.2, 0.25) is 0 Å². The van der Waals surface area contributed by atoms with Crippen molar-refractivity contribution in [1.29, 1.82) is 0 Å². The number of para-hydroxylation sites is 1. The van der Waals surface area contributed by atoms with Crippen LogP contribution in [0.25, 0.3) is 12.2 Å². The zero-order chi connectivity index (χ0) is 29.7. The van der Waals surface area contributed by atoms with Crippen molar-refractivity contribution in [3.05, 3.63) is 142 Å². The summed E-state index contributed by atoms with van der Waals surface area (Å²) in [7, 11) is 8.28. The Labute approximate surface area is 256 Å². The maximum Gasteiger partial charge on any atom is 0.343 e. The number of hydrazone groups is 1. The normalized spacial score (nSPS) is 19.8. The second-order valence-electron chi connectivity index (χ2n) is 10.9. The van der Waals surface area contributed by atoms with Crippen LogP contribution in [0.15, 0.2) is 126 Å². The molecule has 0 spiro atoms. The van der Waals surface area contributed by atoms with Gasteiger partial charge in [-0.1, -0.05) is 30.3 Å². The first-order valence-electron chi connectivity index (χ1n) is 14.2. The molecule has 0 bridgehead atoms. The Balaban J connectivity index is 1.41. The van der Waals surface area contributed by atoms with Crippen molar-refractivity contribution >= 4 is 34.8 Å². The zero-order valence-electron chi connectivity index (χ0n) is 24.6. The number of aromatic nitrogens is 2. The number of phenolic OH excluding ortho intramolecular Hbond substituents is 1. The Hall–Kier alpha value is -5.02. The average Bonchev–Trinajstić information content (AvgIpc) is 3.47. The van der Waals surface area contributed by atoms with Gasteiger partial charge in [0.25, 0.3) is 0 Å². The molecule has 214 valence electrons. The molecule has 0 fully saturated rings. The van der Waals surface area contributed by atoms with Crippen molar-refractivity contribution in [1.82, 2.24) is 15.3 Å². The highest BCUT2D eigenvalue weighted by Crippen LogP contribution is 2.48. The molecule has 4 aromatic rings. The van der Waals surface area contributed by atoms with Gasteiger partial charge in [-0.3, -0.25) is 5.01 Å². The summed E-state index contributed by atoms with van der Waals surface area (Å²) in [6, 6.07) is 26.4.